The molecule has 2 aromatic heterocycles. The van der Waals surface area contributed by atoms with Crippen LogP contribution in [0.15, 0.2) is 77.7 Å². The van der Waals surface area contributed by atoms with Gasteiger partial charge in [-0.3, -0.25) is 9.36 Å². The van der Waals surface area contributed by atoms with Gasteiger partial charge in [0.25, 0.3) is 5.56 Å². The molecular weight excluding hydrogens is 379 g/mol. The highest BCUT2D eigenvalue weighted by Gasteiger charge is 2.17. The highest BCUT2D eigenvalue weighted by atomic mass is 19.1. The molecule has 30 heavy (non-hydrogen) atoms. The van der Waals surface area contributed by atoms with Gasteiger partial charge in [0, 0.05) is 23.3 Å². The zero-order valence-corrected chi connectivity index (χ0v) is 17.0. The number of rotatable bonds is 5. The van der Waals surface area contributed by atoms with Crippen LogP contribution in [0.5, 0.6) is 0 Å². The first-order valence-corrected chi connectivity index (χ1v) is 9.90. The first-order valence-electron chi connectivity index (χ1n) is 9.90. The van der Waals surface area contributed by atoms with E-state index < -0.39 is 5.60 Å². The van der Waals surface area contributed by atoms with Crippen molar-refractivity contribution in [1.82, 2.24) is 9.55 Å². The van der Waals surface area contributed by atoms with E-state index in [1.807, 2.05) is 30.3 Å². The summed E-state index contributed by atoms with van der Waals surface area (Å²) in [7, 11) is 0. The van der Waals surface area contributed by atoms with Gasteiger partial charge in [-0.1, -0.05) is 18.2 Å². The van der Waals surface area contributed by atoms with Crippen LogP contribution in [0.4, 0.5) is 4.39 Å². The molecule has 5 heteroatoms. The van der Waals surface area contributed by atoms with E-state index in [2.05, 4.69) is 4.98 Å². The largest absolute Gasteiger partial charge is 0.384 e. The third-order valence-electron chi connectivity index (χ3n) is 5.18. The average molecular weight is 402 g/mol. The monoisotopic (exact) mass is 402 g/mol. The second-order valence-corrected chi connectivity index (χ2v) is 8.00. The number of halogens is 1. The van der Waals surface area contributed by atoms with E-state index in [4.69, 9.17) is 0 Å². The van der Waals surface area contributed by atoms with Crippen LogP contribution in [0.25, 0.3) is 16.6 Å². The van der Waals surface area contributed by atoms with Gasteiger partial charge in [0.1, 0.15) is 11.4 Å². The van der Waals surface area contributed by atoms with Gasteiger partial charge in [-0.15, -0.1) is 0 Å². The Morgan fingerprint density at radius 3 is 2.37 bits per heavy atom. The number of aliphatic hydroxyl groups is 1. The van der Waals surface area contributed by atoms with Gasteiger partial charge in [-0.2, -0.15) is 0 Å². The molecule has 0 saturated heterocycles. The van der Waals surface area contributed by atoms with Gasteiger partial charge >= 0.3 is 0 Å². The maximum absolute atomic E-state index is 13.0. The summed E-state index contributed by atoms with van der Waals surface area (Å²) >= 11 is 0. The van der Waals surface area contributed by atoms with E-state index in [1.165, 1.54) is 12.1 Å². The zero-order valence-electron chi connectivity index (χ0n) is 17.0. The van der Waals surface area contributed by atoms with Crippen LogP contribution in [0, 0.1) is 5.82 Å². The third kappa shape index (κ3) is 4.31. The molecule has 0 unspecified atom stereocenters. The predicted molar refractivity (Wildman–Crippen MR) is 116 cm³/mol. The maximum Gasteiger partial charge on any atom is 0.255 e. The lowest BCUT2D eigenvalue weighted by Gasteiger charge is -2.17. The Bertz CT molecular complexity index is 1250. The topological polar surface area (TPSA) is 55.1 Å². The van der Waals surface area contributed by atoms with Crippen LogP contribution in [0.2, 0.25) is 0 Å². The number of hydrogen-bond acceptors (Lipinski definition) is 3. The molecule has 0 aliphatic rings. The molecule has 0 amide bonds. The minimum atomic E-state index is -1.01. The second-order valence-electron chi connectivity index (χ2n) is 8.00. The molecule has 0 saturated carbocycles. The molecule has 0 aliphatic heterocycles. The number of aromatic nitrogens is 2. The molecule has 152 valence electrons. The molecule has 0 atom stereocenters. The molecule has 0 bridgehead atoms. The fourth-order valence-electron chi connectivity index (χ4n) is 3.43. The van der Waals surface area contributed by atoms with Crippen LogP contribution in [-0.2, 0) is 18.4 Å². The molecule has 4 aromatic rings. The van der Waals surface area contributed by atoms with Crippen LogP contribution in [-0.4, -0.2) is 14.7 Å². The standard InChI is InChI=1S/C25H23FN2O2/c1-25(2,30)23-12-7-19-16-21(10-11-22(19)27-23)28-14-13-18(15-24(28)29)4-3-17-5-8-20(26)9-6-17/h5-16,30H,3-4H2,1-2H3. The van der Waals surface area contributed by atoms with E-state index >= 15 is 0 Å². The molecular formula is C25H23FN2O2. The second kappa shape index (κ2) is 7.84. The molecule has 1 N–H and O–H groups in total. The Morgan fingerprint density at radius 2 is 1.67 bits per heavy atom. The van der Waals surface area contributed by atoms with E-state index in [1.54, 1.807) is 48.9 Å². The summed E-state index contributed by atoms with van der Waals surface area (Å²) in [5.41, 5.74) is 2.99. The quantitative estimate of drug-likeness (QED) is 0.533. The van der Waals surface area contributed by atoms with Crippen molar-refractivity contribution in [2.45, 2.75) is 32.3 Å². The number of nitrogens with zero attached hydrogens (tertiary/aromatic N) is 2. The minimum absolute atomic E-state index is 0.105. The van der Waals surface area contributed by atoms with Crippen molar-refractivity contribution in [2.75, 3.05) is 0 Å². The van der Waals surface area contributed by atoms with Crippen molar-refractivity contribution in [3.05, 3.63) is 106 Å². The number of aryl methyl sites for hydroxylation is 2. The smallest absolute Gasteiger partial charge is 0.255 e. The Kier molecular flexibility index (Phi) is 5.22. The van der Waals surface area contributed by atoms with Crippen molar-refractivity contribution >= 4 is 10.9 Å². The van der Waals surface area contributed by atoms with Gasteiger partial charge < -0.3 is 5.11 Å². The number of benzene rings is 2. The molecule has 0 radical (unpaired) electrons. The summed E-state index contributed by atoms with van der Waals surface area (Å²) in [5, 5.41) is 11.0. The van der Waals surface area contributed by atoms with Crippen molar-refractivity contribution in [3.63, 3.8) is 0 Å². The average Bonchev–Trinajstić information content (AvgIpc) is 2.72. The zero-order chi connectivity index (χ0) is 21.3. The van der Waals surface area contributed by atoms with E-state index in [0.717, 1.165) is 34.1 Å². The third-order valence-corrected chi connectivity index (χ3v) is 5.18. The van der Waals surface area contributed by atoms with Gasteiger partial charge in [0.15, 0.2) is 0 Å². The number of fused-ring (bicyclic) bond motifs is 1. The van der Waals surface area contributed by atoms with Crippen LogP contribution >= 0.6 is 0 Å². The Hall–Kier alpha value is -3.31. The first kappa shape index (κ1) is 20.0. The van der Waals surface area contributed by atoms with Crippen molar-refractivity contribution in [1.29, 1.82) is 0 Å². The van der Waals surface area contributed by atoms with Gasteiger partial charge in [-0.25, -0.2) is 9.37 Å². The van der Waals surface area contributed by atoms with Crippen molar-refractivity contribution in [2.24, 2.45) is 0 Å². The predicted octanol–water partition coefficient (Wildman–Crippen LogP) is 4.54. The summed E-state index contributed by atoms with van der Waals surface area (Å²) in [6, 6.07) is 19.3. The molecule has 4 rings (SSSR count). The van der Waals surface area contributed by atoms with Crippen molar-refractivity contribution in [3.8, 4) is 5.69 Å². The summed E-state index contributed by atoms with van der Waals surface area (Å²) in [6.45, 7) is 3.40. The minimum Gasteiger partial charge on any atom is -0.384 e. The maximum atomic E-state index is 13.0. The fraction of sp³-hybridized carbons (Fsp3) is 0.200. The Morgan fingerprint density at radius 1 is 0.933 bits per heavy atom. The SMILES string of the molecule is CC(C)(O)c1ccc2cc(-n3ccc(CCc4ccc(F)cc4)cc3=O)ccc2n1. The fourth-order valence-corrected chi connectivity index (χ4v) is 3.43. The van der Waals surface area contributed by atoms with Gasteiger partial charge in [-0.05, 0) is 80.3 Å². The van der Waals surface area contributed by atoms with E-state index in [0.29, 0.717) is 12.1 Å². The summed E-state index contributed by atoms with van der Waals surface area (Å²) in [4.78, 5) is 17.2. The van der Waals surface area contributed by atoms with Crippen LogP contribution < -0.4 is 5.56 Å². The molecule has 0 aliphatic carbocycles. The number of pyridine rings is 2. The normalized spacial score (nSPS) is 11.7. The molecule has 4 nitrogen and oxygen atoms in total. The van der Waals surface area contributed by atoms with E-state index in [9.17, 15) is 14.3 Å². The Labute approximate surface area is 174 Å². The van der Waals surface area contributed by atoms with Crippen LogP contribution in [0.1, 0.15) is 30.7 Å². The molecule has 2 heterocycles. The lowest BCUT2D eigenvalue weighted by Crippen LogP contribution is -2.18. The lowest BCUT2D eigenvalue weighted by atomic mass is 10.0. The highest BCUT2D eigenvalue weighted by molar-refractivity contribution is 5.81. The molecule has 0 fully saturated rings. The summed E-state index contributed by atoms with van der Waals surface area (Å²) in [6.07, 6.45) is 3.24. The molecule has 0 spiro atoms. The lowest BCUT2D eigenvalue weighted by molar-refractivity contribution is 0.0742. The molecule has 2 aromatic carbocycles. The highest BCUT2D eigenvalue weighted by Crippen LogP contribution is 2.22. The van der Waals surface area contributed by atoms with Crippen molar-refractivity contribution < 1.29 is 9.50 Å². The van der Waals surface area contributed by atoms with Gasteiger partial charge in [0.05, 0.1) is 11.2 Å². The van der Waals surface area contributed by atoms with Crippen LogP contribution in [0.3, 0.4) is 0 Å². The van der Waals surface area contributed by atoms with E-state index in [-0.39, 0.29) is 11.4 Å². The first-order chi connectivity index (χ1) is 14.3. The summed E-state index contributed by atoms with van der Waals surface area (Å²) < 4.78 is 14.6. The summed E-state index contributed by atoms with van der Waals surface area (Å²) in [5.74, 6) is -0.247. The van der Waals surface area contributed by atoms with Gasteiger partial charge in [0.2, 0.25) is 0 Å². The Balaban J connectivity index is 1.57. The number of hydrogen-bond donors (Lipinski definition) is 1.